The Labute approximate surface area is 97.4 Å². The van der Waals surface area contributed by atoms with Gasteiger partial charge in [0.25, 0.3) is 0 Å². The second-order valence-corrected chi connectivity index (χ2v) is 4.58. The Kier molecular flexibility index (Phi) is 3.78. The number of rotatable bonds is 2. The molecule has 3 nitrogen and oxygen atoms in total. The van der Waals surface area contributed by atoms with E-state index in [2.05, 4.69) is 16.9 Å². The topological polar surface area (TPSA) is 25.4 Å². The molecule has 1 saturated heterocycles. The van der Waals surface area contributed by atoms with Gasteiger partial charge in [0.05, 0.1) is 5.69 Å². The molecule has 1 atom stereocenters. The number of nitrogens with zero attached hydrogens (tertiary/aromatic N) is 2. The van der Waals surface area contributed by atoms with Gasteiger partial charge in [-0.05, 0) is 51.9 Å². The monoisotopic (exact) mass is 220 g/mol. The van der Waals surface area contributed by atoms with Crippen molar-refractivity contribution in [2.75, 3.05) is 20.1 Å². The molecule has 1 aliphatic rings. The fourth-order valence-electron chi connectivity index (χ4n) is 2.15. The highest BCUT2D eigenvalue weighted by atomic mass is 16.5. The van der Waals surface area contributed by atoms with Crippen LogP contribution in [0.2, 0.25) is 0 Å². The summed E-state index contributed by atoms with van der Waals surface area (Å²) in [5, 5.41) is 0. The number of hydrogen-bond acceptors (Lipinski definition) is 3. The van der Waals surface area contributed by atoms with Gasteiger partial charge in [0.15, 0.2) is 0 Å². The predicted octanol–water partition coefficient (Wildman–Crippen LogP) is 2.25. The van der Waals surface area contributed by atoms with Crippen molar-refractivity contribution in [1.29, 1.82) is 0 Å². The van der Waals surface area contributed by atoms with Gasteiger partial charge in [-0.15, -0.1) is 0 Å². The number of aromatic nitrogens is 1. The molecule has 16 heavy (non-hydrogen) atoms. The molecule has 3 heteroatoms. The lowest BCUT2D eigenvalue weighted by Gasteiger charge is -2.21. The zero-order valence-corrected chi connectivity index (χ0v) is 10.1. The van der Waals surface area contributed by atoms with E-state index in [-0.39, 0.29) is 0 Å². The van der Waals surface area contributed by atoms with Gasteiger partial charge in [-0.25, -0.2) is 0 Å². The number of likely N-dealkylation sites (tertiary alicyclic amines) is 1. The van der Waals surface area contributed by atoms with Gasteiger partial charge < -0.3 is 9.64 Å². The molecular weight excluding hydrogens is 200 g/mol. The fraction of sp³-hybridized carbons (Fsp3) is 0.615. The number of hydrogen-bond donors (Lipinski definition) is 0. The molecule has 2 rings (SSSR count). The first-order chi connectivity index (χ1) is 7.75. The lowest BCUT2D eigenvalue weighted by atomic mass is 10.2. The summed E-state index contributed by atoms with van der Waals surface area (Å²) in [5.41, 5.74) is 0.981. The van der Waals surface area contributed by atoms with Crippen LogP contribution in [0.3, 0.4) is 0 Å². The highest BCUT2D eigenvalue weighted by molar-refractivity contribution is 5.25. The van der Waals surface area contributed by atoms with Crippen molar-refractivity contribution in [3.8, 4) is 5.75 Å². The van der Waals surface area contributed by atoms with Crippen molar-refractivity contribution in [3.63, 3.8) is 0 Å². The van der Waals surface area contributed by atoms with Crippen molar-refractivity contribution in [2.24, 2.45) is 0 Å². The Hall–Kier alpha value is -1.09. The Morgan fingerprint density at radius 3 is 3.12 bits per heavy atom. The van der Waals surface area contributed by atoms with Gasteiger partial charge in [0.1, 0.15) is 11.9 Å². The summed E-state index contributed by atoms with van der Waals surface area (Å²) in [6, 6.07) is 3.94. The van der Waals surface area contributed by atoms with E-state index >= 15 is 0 Å². The summed E-state index contributed by atoms with van der Waals surface area (Å²) >= 11 is 0. The first-order valence-corrected chi connectivity index (χ1v) is 6.02. The summed E-state index contributed by atoms with van der Waals surface area (Å²) in [7, 11) is 2.16. The van der Waals surface area contributed by atoms with Crippen LogP contribution in [0.4, 0.5) is 0 Å². The molecule has 0 aliphatic carbocycles. The van der Waals surface area contributed by atoms with Gasteiger partial charge >= 0.3 is 0 Å². The first-order valence-electron chi connectivity index (χ1n) is 6.02. The van der Waals surface area contributed by atoms with Crippen LogP contribution in [0.15, 0.2) is 18.3 Å². The van der Waals surface area contributed by atoms with Gasteiger partial charge in [-0.3, -0.25) is 4.98 Å². The van der Waals surface area contributed by atoms with Crippen molar-refractivity contribution >= 4 is 0 Å². The van der Waals surface area contributed by atoms with Crippen LogP contribution in [0, 0.1) is 6.92 Å². The lowest BCUT2D eigenvalue weighted by Crippen LogP contribution is -2.31. The lowest BCUT2D eigenvalue weighted by molar-refractivity contribution is 0.154. The highest BCUT2D eigenvalue weighted by Gasteiger charge is 2.17. The normalized spacial score (nSPS) is 22.8. The minimum absolute atomic E-state index is 0.315. The highest BCUT2D eigenvalue weighted by Crippen LogP contribution is 2.19. The molecule has 1 aromatic rings. The van der Waals surface area contributed by atoms with Gasteiger partial charge in [0.2, 0.25) is 0 Å². The van der Waals surface area contributed by atoms with Crippen molar-refractivity contribution in [1.82, 2.24) is 9.88 Å². The smallest absolute Gasteiger partial charge is 0.140 e. The molecule has 88 valence electrons. The second-order valence-electron chi connectivity index (χ2n) is 4.58. The number of ether oxygens (including phenoxy) is 1. The van der Waals surface area contributed by atoms with Crippen LogP contribution in [0.5, 0.6) is 5.75 Å². The fourth-order valence-corrected chi connectivity index (χ4v) is 2.15. The first kappa shape index (κ1) is 11.4. The standard InChI is InChI=1S/C13H20N2O/c1-11-13(7-5-8-14-11)16-12-6-3-4-9-15(2)10-12/h5,7-8,12H,3-4,6,9-10H2,1-2H3. The van der Waals surface area contributed by atoms with Crippen LogP contribution < -0.4 is 4.74 Å². The van der Waals surface area contributed by atoms with Crippen LogP contribution >= 0.6 is 0 Å². The zero-order valence-electron chi connectivity index (χ0n) is 10.1. The van der Waals surface area contributed by atoms with Crippen LogP contribution in [-0.2, 0) is 0 Å². The van der Waals surface area contributed by atoms with E-state index in [0.29, 0.717) is 6.10 Å². The van der Waals surface area contributed by atoms with Crippen LogP contribution in [-0.4, -0.2) is 36.1 Å². The third kappa shape index (κ3) is 2.95. The molecule has 0 N–H and O–H groups in total. The summed E-state index contributed by atoms with van der Waals surface area (Å²) in [6.07, 6.45) is 5.81. The molecular formula is C13H20N2O. The average Bonchev–Trinajstić information content (AvgIpc) is 2.46. The van der Waals surface area contributed by atoms with Crippen LogP contribution in [0.25, 0.3) is 0 Å². The number of pyridine rings is 1. The molecule has 1 unspecified atom stereocenters. The van der Waals surface area contributed by atoms with E-state index in [0.717, 1.165) is 24.4 Å². The molecule has 0 aromatic carbocycles. The Morgan fingerprint density at radius 2 is 2.31 bits per heavy atom. The van der Waals surface area contributed by atoms with Gasteiger partial charge in [-0.1, -0.05) is 0 Å². The predicted molar refractivity (Wildman–Crippen MR) is 64.7 cm³/mol. The van der Waals surface area contributed by atoms with E-state index in [1.54, 1.807) is 6.20 Å². The molecule has 0 bridgehead atoms. The van der Waals surface area contributed by atoms with E-state index in [9.17, 15) is 0 Å². The Balaban J connectivity index is 2.00. The molecule has 1 aromatic heterocycles. The molecule has 0 saturated carbocycles. The third-order valence-electron chi connectivity index (χ3n) is 3.08. The Bertz CT molecular complexity index is 340. The van der Waals surface area contributed by atoms with Crippen molar-refractivity contribution < 1.29 is 4.74 Å². The Morgan fingerprint density at radius 1 is 1.44 bits per heavy atom. The molecule has 0 amide bonds. The van der Waals surface area contributed by atoms with E-state index in [1.165, 1.54) is 19.4 Å². The van der Waals surface area contributed by atoms with Crippen molar-refractivity contribution in [3.05, 3.63) is 24.0 Å². The van der Waals surface area contributed by atoms with Gasteiger partial charge in [0, 0.05) is 12.7 Å². The molecule has 0 radical (unpaired) electrons. The molecule has 1 aliphatic heterocycles. The maximum Gasteiger partial charge on any atom is 0.140 e. The maximum absolute atomic E-state index is 6.03. The second kappa shape index (κ2) is 5.30. The van der Waals surface area contributed by atoms with Crippen molar-refractivity contribution in [2.45, 2.75) is 32.3 Å². The largest absolute Gasteiger partial charge is 0.487 e. The number of likely N-dealkylation sites (N-methyl/N-ethyl adjacent to an activating group) is 1. The van der Waals surface area contributed by atoms with Gasteiger partial charge in [-0.2, -0.15) is 0 Å². The summed E-state index contributed by atoms with van der Waals surface area (Å²) in [6.45, 7) is 4.20. The third-order valence-corrected chi connectivity index (χ3v) is 3.08. The average molecular weight is 220 g/mol. The maximum atomic E-state index is 6.03. The minimum Gasteiger partial charge on any atom is -0.487 e. The summed E-state index contributed by atoms with van der Waals surface area (Å²) in [4.78, 5) is 6.60. The summed E-state index contributed by atoms with van der Waals surface area (Å²) in [5.74, 6) is 0.933. The van der Waals surface area contributed by atoms with E-state index < -0.39 is 0 Å². The minimum atomic E-state index is 0.315. The molecule has 0 spiro atoms. The molecule has 2 heterocycles. The quantitative estimate of drug-likeness (QED) is 0.764. The SMILES string of the molecule is Cc1ncccc1OC1CCCCN(C)C1. The van der Waals surface area contributed by atoms with E-state index in [4.69, 9.17) is 4.74 Å². The molecule has 1 fully saturated rings. The summed E-state index contributed by atoms with van der Waals surface area (Å²) < 4.78 is 6.03. The zero-order chi connectivity index (χ0) is 11.4. The van der Waals surface area contributed by atoms with E-state index in [1.807, 2.05) is 19.1 Å². The van der Waals surface area contributed by atoms with Crippen LogP contribution in [0.1, 0.15) is 25.0 Å². The number of aryl methyl sites for hydroxylation is 1.